The third-order valence-electron chi connectivity index (χ3n) is 4.76. The van der Waals surface area contributed by atoms with Crippen LogP contribution in [0.1, 0.15) is 26.2 Å². The molecule has 3 aromatic rings. The summed E-state index contributed by atoms with van der Waals surface area (Å²) < 4.78 is 25.4. The predicted octanol–water partition coefficient (Wildman–Crippen LogP) is 3.77. The Labute approximate surface area is 167 Å². The number of unbranched alkanes of at least 4 members (excludes halogenated alkanes) is 1. The molecule has 6 nitrogen and oxygen atoms in total. The van der Waals surface area contributed by atoms with Crippen LogP contribution in [0.5, 0.6) is 11.5 Å². The topological polar surface area (TPSA) is 94.4 Å². The van der Waals surface area contributed by atoms with E-state index in [1.54, 1.807) is 31.4 Å². The van der Waals surface area contributed by atoms with Gasteiger partial charge < -0.3 is 20.2 Å². The fourth-order valence-electron chi connectivity index (χ4n) is 3.15. The third-order valence-corrected chi connectivity index (χ3v) is 4.76. The Morgan fingerprint density at radius 3 is 2.55 bits per heavy atom. The molecule has 0 bridgehead atoms. The fourth-order valence-corrected chi connectivity index (χ4v) is 3.15. The summed E-state index contributed by atoms with van der Waals surface area (Å²) in [6.45, 7) is 1.99. The number of hydrogen-bond donors (Lipinski definition) is 2. The van der Waals surface area contributed by atoms with Crippen molar-refractivity contribution in [3.63, 3.8) is 0 Å². The first-order valence-corrected chi connectivity index (χ1v) is 9.40. The minimum Gasteiger partial charge on any atom is -0.497 e. The Morgan fingerprint density at radius 2 is 1.93 bits per heavy atom. The lowest BCUT2D eigenvalue weighted by Gasteiger charge is -2.17. The molecule has 0 aliphatic carbocycles. The molecule has 0 saturated carbocycles. The molecule has 1 unspecified atom stereocenters. The lowest BCUT2D eigenvalue weighted by molar-refractivity contribution is -0.125. The molecule has 152 valence electrons. The number of carbonyl (C=O) groups is 1. The summed E-state index contributed by atoms with van der Waals surface area (Å²) in [4.78, 5) is 27.7. The standard InChI is InChI=1S/C22H23FN2O4/c1-3-4-5-18(22(24)27)29-17-11-10-16(23)19-20(17)25-12-15(21(19)26)13-6-8-14(28-2)9-7-13/h6-12,18H,3-5H2,1-2H3,(H2,24,27)(H,25,26). The molecule has 7 heteroatoms. The zero-order valence-corrected chi connectivity index (χ0v) is 16.3. The first kappa shape index (κ1) is 20.4. The predicted molar refractivity (Wildman–Crippen MR) is 110 cm³/mol. The minimum absolute atomic E-state index is 0.130. The summed E-state index contributed by atoms with van der Waals surface area (Å²) in [5.41, 5.74) is 6.08. The average Bonchev–Trinajstić information content (AvgIpc) is 2.72. The number of hydrogen-bond acceptors (Lipinski definition) is 4. The van der Waals surface area contributed by atoms with Gasteiger partial charge in [-0.2, -0.15) is 0 Å². The van der Waals surface area contributed by atoms with Gasteiger partial charge >= 0.3 is 0 Å². The molecule has 0 spiro atoms. The first-order valence-electron chi connectivity index (χ1n) is 9.40. The smallest absolute Gasteiger partial charge is 0.258 e. The van der Waals surface area contributed by atoms with Crippen LogP contribution < -0.4 is 20.6 Å². The second kappa shape index (κ2) is 8.77. The molecule has 0 aliphatic rings. The van der Waals surface area contributed by atoms with E-state index in [0.717, 1.165) is 18.9 Å². The number of aromatic amines is 1. The Balaban J connectivity index is 2.07. The molecule has 0 aliphatic heterocycles. The SMILES string of the molecule is CCCCC(Oc1ccc(F)c2c(=O)c(-c3ccc(OC)cc3)c[nH]c12)C(N)=O. The van der Waals surface area contributed by atoms with Crippen molar-refractivity contribution in [3.8, 4) is 22.6 Å². The largest absolute Gasteiger partial charge is 0.497 e. The Hall–Kier alpha value is -3.35. The van der Waals surface area contributed by atoms with E-state index in [9.17, 15) is 14.0 Å². The van der Waals surface area contributed by atoms with Gasteiger partial charge in [0.15, 0.2) is 11.5 Å². The van der Waals surface area contributed by atoms with E-state index in [1.165, 1.54) is 12.3 Å². The highest BCUT2D eigenvalue weighted by molar-refractivity contribution is 5.89. The zero-order chi connectivity index (χ0) is 21.0. The van der Waals surface area contributed by atoms with Gasteiger partial charge in [-0.05, 0) is 42.7 Å². The van der Waals surface area contributed by atoms with Gasteiger partial charge in [0.25, 0.3) is 5.91 Å². The Bertz CT molecular complexity index is 1080. The molecular weight excluding hydrogens is 375 g/mol. The van der Waals surface area contributed by atoms with Crippen LogP contribution in [-0.2, 0) is 4.79 Å². The number of ether oxygens (including phenoxy) is 2. The van der Waals surface area contributed by atoms with E-state index < -0.39 is 23.3 Å². The number of pyridine rings is 1. The molecule has 0 fully saturated rings. The number of H-pyrrole nitrogens is 1. The highest BCUT2D eigenvalue weighted by Crippen LogP contribution is 2.28. The number of nitrogens with two attached hydrogens (primary N) is 1. The van der Waals surface area contributed by atoms with Crippen molar-refractivity contribution in [2.75, 3.05) is 7.11 Å². The highest BCUT2D eigenvalue weighted by atomic mass is 19.1. The maximum absolute atomic E-state index is 14.6. The lowest BCUT2D eigenvalue weighted by Crippen LogP contribution is -2.33. The Kier molecular flexibility index (Phi) is 6.16. The van der Waals surface area contributed by atoms with Crippen LogP contribution in [0.15, 0.2) is 47.4 Å². The van der Waals surface area contributed by atoms with Crippen LogP contribution in [0.25, 0.3) is 22.0 Å². The minimum atomic E-state index is -0.853. The van der Waals surface area contributed by atoms with Crippen LogP contribution in [0.4, 0.5) is 4.39 Å². The molecule has 1 aromatic heterocycles. The molecule has 29 heavy (non-hydrogen) atoms. The van der Waals surface area contributed by atoms with Crippen molar-refractivity contribution in [2.45, 2.75) is 32.3 Å². The van der Waals surface area contributed by atoms with E-state index in [1.807, 2.05) is 6.92 Å². The monoisotopic (exact) mass is 398 g/mol. The van der Waals surface area contributed by atoms with Gasteiger partial charge in [-0.15, -0.1) is 0 Å². The quantitative estimate of drug-likeness (QED) is 0.604. The fraction of sp³-hybridized carbons (Fsp3) is 0.273. The highest BCUT2D eigenvalue weighted by Gasteiger charge is 2.20. The summed E-state index contributed by atoms with van der Waals surface area (Å²) in [5, 5.41) is -0.130. The van der Waals surface area contributed by atoms with E-state index in [0.29, 0.717) is 23.3 Å². The van der Waals surface area contributed by atoms with Gasteiger partial charge in [0.05, 0.1) is 18.0 Å². The molecule has 0 radical (unpaired) electrons. The number of fused-ring (bicyclic) bond motifs is 1. The van der Waals surface area contributed by atoms with Crippen molar-refractivity contribution < 1.29 is 18.7 Å². The molecule has 1 amide bonds. The number of nitrogens with one attached hydrogen (secondary N) is 1. The summed E-state index contributed by atoms with van der Waals surface area (Å²) in [7, 11) is 1.55. The second-order valence-corrected chi connectivity index (χ2v) is 6.71. The molecule has 1 heterocycles. The van der Waals surface area contributed by atoms with E-state index in [4.69, 9.17) is 15.2 Å². The number of halogens is 1. The first-order chi connectivity index (χ1) is 14.0. The number of benzene rings is 2. The van der Waals surface area contributed by atoms with Gasteiger partial charge in [0, 0.05) is 11.8 Å². The van der Waals surface area contributed by atoms with Crippen LogP contribution in [-0.4, -0.2) is 24.1 Å². The average molecular weight is 398 g/mol. The molecule has 2 aromatic carbocycles. The summed E-state index contributed by atoms with van der Waals surface area (Å²) in [5.74, 6) is -0.418. The molecule has 1 atom stereocenters. The number of methoxy groups -OCH3 is 1. The van der Waals surface area contributed by atoms with Crippen LogP contribution in [0, 0.1) is 5.82 Å². The van der Waals surface area contributed by atoms with Gasteiger partial charge in [-0.1, -0.05) is 25.5 Å². The summed E-state index contributed by atoms with van der Waals surface area (Å²) >= 11 is 0. The van der Waals surface area contributed by atoms with Crippen molar-refractivity contribution in [3.05, 3.63) is 58.6 Å². The summed E-state index contributed by atoms with van der Waals surface area (Å²) in [6, 6.07) is 9.44. The normalized spacial score (nSPS) is 12.0. The second-order valence-electron chi connectivity index (χ2n) is 6.71. The van der Waals surface area contributed by atoms with E-state index >= 15 is 0 Å². The number of amides is 1. The number of aromatic nitrogens is 1. The van der Waals surface area contributed by atoms with Crippen LogP contribution in [0.3, 0.4) is 0 Å². The third kappa shape index (κ3) is 4.23. The van der Waals surface area contributed by atoms with Crippen molar-refractivity contribution in [1.82, 2.24) is 4.98 Å². The van der Waals surface area contributed by atoms with Crippen molar-refractivity contribution in [1.29, 1.82) is 0 Å². The van der Waals surface area contributed by atoms with Crippen molar-refractivity contribution >= 4 is 16.8 Å². The Morgan fingerprint density at radius 1 is 1.21 bits per heavy atom. The lowest BCUT2D eigenvalue weighted by atomic mass is 10.0. The number of primary amides is 1. The number of carbonyl (C=O) groups excluding carboxylic acids is 1. The van der Waals surface area contributed by atoms with Gasteiger partial charge in [0.2, 0.25) is 0 Å². The maximum atomic E-state index is 14.6. The van der Waals surface area contributed by atoms with E-state index in [-0.39, 0.29) is 16.7 Å². The van der Waals surface area contributed by atoms with E-state index in [2.05, 4.69) is 4.98 Å². The summed E-state index contributed by atoms with van der Waals surface area (Å²) in [6.07, 6.45) is 2.72. The zero-order valence-electron chi connectivity index (χ0n) is 16.3. The van der Waals surface area contributed by atoms with Gasteiger partial charge in [-0.25, -0.2) is 4.39 Å². The van der Waals surface area contributed by atoms with Gasteiger partial charge in [-0.3, -0.25) is 9.59 Å². The van der Waals surface area contributed by atoms with Gasteiger partial charge in [0.1, 0.15) is 17.3 Å². The molecule has 3 N–H and O–H groups in total. The molecule has 3 rings (SSSR count). The number of rotatable bonds is 8. The van der Waals surface area contributed by atoms with Crippen LogP contribution >= 0.6 is 0 Å². The molecular formula is C22H23FN2O4. The molecule has 0 saturated heterocycles. The maximum Gasteiger partial charge on any atom is 0.258 e. The van der Waals surface area contributed by atoms with Crippen LogP contribution in [0.2, 0.25) is 0 Å². The van der Waals surface area contributed by atoms with Crippen molar-refractivity contribution in [2.24, 2.45) is 5.73 Å².